The van der Waals surface area contributed by atoms with E-state index in [0.717, 1.165) is 6.42 Å². The molecule has 0 aliphatic carbocycles. The van der Waals surface area contributed by atoms with E-state index in [1.807, 2.05) is 24.3 Å². The predicted octanol–water partition coefficient (Wildman–Crippen LogP) is 3.36. The molecule has 3 heteroatoms. The summed E-state index contributed by atoms with van der Waals surface area (Å²) in [6.45, 7) is 6.04. The largest absolute Gasteiger partial charge is 0.479 e. The Morgan fingerprint density at radius 1 is 1.22 bits per heavy atom. The van der Waals surface area contributed by atoms with Gasteiger partial charge < -0.3 is 9.47 Å². The molecule has 0 N–H and O–H groups in total. The lowest BCUT2D eigenvalue weighted by molar-refractivity contribution is -0.150. The van der Waals surface area contributed by atoms with E-state index in [-0.39, 0.29) is 5.97 Å². The SMILES string of the molecule is CCCCc1ccc(O[C@@H](C)C(=O)OCC)cc1. The van der Waals surface area contributed by atoms with Crippen LogP contribution in [-0.4, -0.2) is 18.7 Å². The molecular weight excluding hydrogens is 228 g/mol. The zero-order valence-electron chi connectivity index (χ0n) is 11.4. The molecule has 0 bridgehead atoms. The zero-order valence-corrected chi connectivity index (χ0v) is 11.4. The molecule has 0 aliphatic rings. The third-order valence-electron chi connectivity index (χ3n) is 2.67. The minimum absolute atomic E-state index is 0.326. The van der Waals surface area contributed by atoms with Crippen molar-refractivity contribution in [1.29, 1.82) is 0 Å². The van der Waals surface area contributed by atoms with Crippen LogP contribution in [0.3, 0.4) is 0 Å². The molecule has 0 unspecified atom stereocenters. The number of ether oxygens (including phenoxy) is 2. The van der Waals surface area contributed by atoms with Gasteiger partial charge in [0.2, 0.25) is 0 Å². The fourth-order valence-corrected chi connectivity index (χ4v) is 1.63. The number of esters is 1. The Hall–Kier alpha value is -1.51. The zero-order chi connectivity index (χ0) is 13.4. The fourth-order valence-electron chi connectivity index (χ4n) is 1.63. The molecule has 0 saturated carbocycles. The summed E-state index contributed by atoms with van der Waals surface area (Å²) in [6, 6.07) is 7.90. The highest BCUT2D eigenvalue weighted by Gasteiger charge is 2.15. The van der Waals surface area contributed by atoms with Crippen molar-refractivity contribution in [1.82, 2.24) is 0 Å². The van der Waals surface area contributed by atoms with Gasteiger partial charge in [0.05, 0.1) is 6.61 Å². The minimum Gasteiger partial charge on any atom is -0.479 e. The molecule has 100 valence electrons. The summed E-state index contributed by atoms with van der Waals surface area (Å²) in [5, 5.41) is 0. The molecule has 1 aromatic rings. The summed E-state index contributed by atoms with van der Waals surface area (Å²) >= 11 is 0. The summed E-state index contributed by atoms with van der Waals surface area (Å²) in [5.41, 5.74) is 1.30. The molecule has 1 rings (SSSR count). The maximum absolute atomic E-state index is 11.4. The highest BCUT2D eigenvalue weighted by molar-refractivity contribution is 5.74. The maximum atomic E-state index is 11.4. The number of carbonyl (C=O) groups excluding carboxylic acids is 1. The minimum atomic E-state index is -0.563. The van der Waals surface area contributed by atoms with Gasteiger partial charge in [0.1, 0.15) is 5.75 Å². The number of unbranched alkanes of at least 4 members (excludes halogenated alkanes) is 1. The van der Waals surface area contributed by atoms with Gasteiger partial charge in [-0.2, -0.15) is 0 Å². The molecule has 0 aromatic heterocycles. The van der Waals surface area contributed by atoms with E-state index in [1.54, 1.807) is 13.8 Å². The molecule has 0 saturated heterocycles. The van der Waals surface area contributed by atoms with Gasteiger partial charge in [-0.1, -0.05) is 25.5 Å². The van der Waals surface area contributed by atoms with Crippen LogP contribution < -0.4 is 4.74 Å². The first-order chi connectivity index (χ1) is 8.67. The van der Waals surface area contributed by atoms with Crippen LogP contribution in [0.15, 0.2) is 24.3 Å². The summed E-state index contributed by atoms with van der Waals surface area (Å²) in [7, 11) is 0. The summed E-state index contributed by atoms with van der Waals surface area (Å²) in [6.07, 6.45) is 2.91. The Morgan fingerprint density at radius 2 is 1.89 bits per heavy atom. The molecule has 1 atom stereocenters. The lowest BCUT2D eigenvalue weighted by Gasteiger charge is -2.13. The van der Waals surface area contributed by atoms with Crippen LogP contribution in [0.2, 0.25) is 0 Å². The van der Waals surface area contributed by atoms with Crippen LogP contribution in [0.5, 0.6) is 5.75 Å². The quantitative estimate of drug-likeness (QED) is 0.696. The van der Waals surface area contributed by atoms with E-state index in [9.17, 15) is 4.79 Å². The third-order valence-corrected chi connectivity index (χ3v) is 2.67. The molecule has 3 nitrogen and oxygen atoms in total. The van der Waals surface area contributed by atoms with Gasteiger partial charge in [0.25, 0.3) is 0 Å². The van der Waals surface area contributed by atoms with Crippen LogP contribution in [0.1, 0.15) is 39.2 Å². The van der Waals surface area contributed by atoms with Gasteiger partial charge in [-0.3, -0.25) is 0 Å². The second-order valence-electron chi connectivity index (χ2n) is 4.26. The van der Waals surface area contributed by atoms with Crippen molar-refractivity contribution < 1.29 is 14.3 Å². The standard InChI is InChI=1S/C15H22O3/c1-4-6-7-13-8-10-14(11-9-13)18-12(3)15(16)17-5-2/h8-12H,4-7H2,1-3H3/t12-/m0/s1. The Bertz CT molecular complexity index is 357. The molecular formula is C15H22O3. The van der Waals surface area contributed by atoms with Crippen molar-refractivity contribution in [2.75, 3.05) is 6.61 Å². The van der Waals surface area contributed by atoms with Crippen molar-refractivity contribution in [3.63, 3.8) is 0 Å². The van der Waals surface area contributed by atoms with Crippen LogP contribution in [0.4, 0.5) is 0 Å². The summed E-state index contributed by atoms with van der Waals surface area (Å²) < 4.78 is 10.4. The molecule has 0 amide bonds. The Balaban J connectivity index is 2.50. The fraction of sp³-hybridized carbons (Fsp3) is 0.533. The van der Waals surface area contributed by atoms with Crippen molar-refractivity contribution >= 4 is 5.97 Å². The van der Waals surface area contributed by atoms with E-state index in [4.69, 9.17) is 9.47 Å². The van der Waals surface area contributed by atoms with Gasteiger partial charge in [-0.05, 0) is 44.4 Å². The maximum Gasteiger partial charge on any atom is 0.347 e. The van der Waals surface area contributed by atoms with Crippen molar-refractivity contribution in [3.05, 3.63) is 29.8 Å². The number of rotatable bonds is 7. The Labute approximate surface area is 109 Å². The van der Waals surface area contributed by atoms with Crippen LogP contribution in [0.25, 0.3) is 0 Å². The number of hydrogen-bond acceptors (Lipinski definition) is 3. The summed E-state index contributed by atoms with van der Waals surface area (Å²) in [4.78, 5) is 11.4. The molecule has 1 aromatic carbocycles. The molecule has 0 spiro atoms. The van der Waals surface area contributed by atoms with E-state index >= 15 is 0 Å². The predicted molar refractivity (Wildman–Crippen MR) is 71.8 cm³/mol. The number of hydrogen-bond donors (Lipinski definition) is 0. The van der Waals surface area contributed by atoms with E-state index < -0.39 is 6.10 Å². The third kappa shape index (κ3) is 4.78. The van der Waals surface area contributed by atoms with Gasteiger partial charge in [-0.25, -0.2) is 4.79 Å². The van der Waals surface area contributed by atoms with Gasteiger partial charge in [0, 0.05) is 0 Å². The molecule has 18 heavy (non-hydrogen) atoms. The highest BCUT2D eigenvalue weighted by atomic mass is 16.6. The van der Waals surface area contributed by atoms with Crippen LogP contribution >= 0.6 is 0 Å². The van der Waals surface area contributed by atoms with E-state index in [2.05, 4.69) is 6.92 Å². The monoisotopic (exact) mass is 250 g/mol. The van der Waals surface area contributed by atoms with Crippen molar-refractivity contribution in [3.8, 4) is 5.75 Å². The molecule has 0 radical (unpaired) electrons. The summed E-state index contributed by atoms with van der Waals surface area (Å²) in [5.74, 6) is 0.378. The number of carbonyl (C=O) groups is 1. The van der Waals surface area contributed by atoms with Gasteiger partial charge in [-0.15, -0.1) is 0 Å². The molecule has 0 fully saturated rings. The molecule has 0 heterocycles. The first-order valence-corrected chi connectivity index (χ1v) is 6.59. The van der Waals surface area contributed by atoms with Crippen LogP contribution in [0, 0.1) is 0 Å². The Morgan fingerprint density at radius 3 is 2.44 bits per heavy atom. The van der Waals surface area contributed by atoms with E-state index in [1.165, 1.54) is 18.4 Å². The van der Waals surface area contributed by atoms with E-state index in [0.29, 0.717) is 12.4 Å². The number of benzene rings is 1. The number of aryl methyl sites for hydroxylation is 1. The first-order valence-electron chi connectivity index (χ1n) is 6.59. The second-order valence-corrected chi connectivity index (χ2v) is 4.26. The first kappa shape index (κ1) is 14.6. The van der Waals surface area contributed by atoms with Crippen LogP contribution in [-0.2, 0) is 16.0 Å². The van der Waals surface area contributed by atoms with Gasteiger partial charge >= 0.3 is 5.97 Å². The Kier molecular flexibility index (Phi) is 6.26. The smallest absolute Gasteiger partial charge is 0.347 e. The van der Waals surface area contributed by atoms with Crippen molar-refractivity contribution in [2.24, 2.45) is 0 Å². The topological polar surface area (TPSA) is 35.5 Å². The average molecular weight is 250 g/mol. The van der Waals surface area contributed by atoms with Crippen molar-refractivity contribution in [2.45, 2.75) is 46.1 Å². The van der Waals surface area contributed by atoms with Gasteiger partial charge in [0.15, 0.2) is 6.10 Å². The normalized spacial score (nSPS) is 11.9. The molecule has 0 aliphatic heterocycles. The lowest BCUT2D eigenvalue weighted by atomic mass is 10.1. The average Bonchev–Trinajstić information content (AvgIpc) is 2.38. The second kappa shape index (κ2) is 7.75. The lowest BCUT2D eigenvalue weighted by Crippen LogP contribution is -2.26. The highest BCUT2D eigenvalue weighted by Crippen LogP contribution is 2.15.